The van der Waals surface area contributed by atoms with E-state index in [4.69, 9.17) is 0 Å². The van der Waals surface area contributed by atoms with Gasteiger partial charge in [0.15, 0.2) is 5.69 Å². The predicted octanol–water partition coefficient (Wildman–Crippen LogP) is 3.78. The van der Waals surface area contributed by atoms with Crippen molar-refractivity contribution < 1.29 is 14.0 Å². The van der Waals surface area contributed by atoms with Gasteiger partial charge in [-0.1, -0.05) is 0 Å². The van der Waals surface area contributed by atoms with E-state index in [1.807, 2.05) is 39.1 Å². The van der Waals surface area contributed by atoms with Crippen LogP contribution in [0.4, 0.5) is 10.3 Å². The molecule has 1 aliphatic rings. The minimum absolute atomic E-state index is 0.00500. The van der Waals surface area contributed by atoms with Gasteiger partial charge in [-0.3, -0.25) is 14.6 Å². The monoisotopic (exact) mass is 470 g/mol. The number of thiophene rings is 1. The van der Waals surface area contributed by atoms with Gasteiger partial charge >= 0.3 is 0 Å². The van der Waals surface area contributed by atoms with Crippen molar-refractivity contribution in [3.63, 3.8) is 0 Å². The van der Waals surface area contributed by atoms with Crippen LogP contribution in [-0.4, -0.2) is 50.3 Å². The molecule has 0 bridgehead atoms. The van der Waals surface area contributed by atoms with Crippen LogP contribution >= 0.6 is 11.3 Å². The van der Waals surface area contributed by atoms with Crippen LogP contribution in [0.1, 0.15) is 56.2 Å². The number of pyridine rings is 1. The molecule has 1 aliphatic heterocycles. The first kappa shape index (κ1) is 23.0. The van der Waals surface area contributed by atoms with E-state index in [1.54, 1.807) is 11.1 Å². The number of nitrogens with zero attached hydrogens (tertiary/aromatic N) is 4. The Balaban J connectivity index is 1.46. The van der Waals surface area contributed by atoms with Gasteiger partial charge in [0.25, 0.3) is 5.91 Å². The Labute approximate surface area is 195 Å². The van der Waals surface area contributed by atoms with Crippen molar-refractivity contribution in [2.24, 2.45) is 5.92 Å². The summed E-state index contributed by atoms with van der Waals surface area (Å²) in [5, 5.41) is 7.98. The molecule has 1 atom stereocenters. The third-order valence-electron chi connectivity index (χ3n) is 5.31. The summed E-state index contributed by atoms with van der Waals surface area (Å²) >= 11 is 1.41. The molecule has 1 saturated heterocycles. The number of anilines is 1. The standard InChI is InChI=1S/C23H27FN6O2S/c1-13(15-8-16(24)10-25-9-15)26-22-27-17-5-6-33-20(17)19(28-22)21(32)30-11-14(12-30)7-18(31)29-23(2,3)4/h5-6,8-10,13-14H,7,11-12H2,1-4H3,(H,29,31)(H,26,27,28)/t13-/m0/s1. The molecule has 0 radical (unpaired) electrons. The zero-order valence-corrected chi connectivity index (χ0v) is 19.9. The van der Waals surface area contributed by atoms with E-state index in [0.29, 0.717) is 42.2 Å². The second-order valence-corrected chi connectivity index (χ2v) is 10.3. The highest BCUT2D eigenvalue weighted by molar-refractivity contribution is 7.17. The van der Waals surface area contributed by atoms with Crippen molar-refractivity contribution in [3.8, 4) is 0 Å². The fourth-order valence-corrected chi connectivity index (χ4v) is 4.57. The van der Waals surface area contributed by atoms with Crippen LogP contribution in [0.25, 0.3) is 10.2 Å². The summed E-state index contributed by atoms with van der Waals surface area (Å²) in [4.78, 5) is 40.0. The largest absolute Gasteiger partial charge is 0.351 e. The van der Waals surface area contributed by atoms with Gasteiger partial charge in [-0.25, -0.2) is 14.4 Å². The Kier molecular flexibility index (Phi) is 6.29. The SMILES string of the molecule is C[C@H](Nc1nc(C(=O)N2CC(CC(=O)NC(C)(C)C)C2)c2sccc2n1)c1cncc(F)c1. The molecule has 0 unspecified atom stereocenters. The van der Waals surface area contributed by atoms with E-state index in [1.165, 1.54) is 17.4 Å². The molecular formula is C23H27FN6O2S. The lowest BCUT2D eigenvalue weighted by atomic mass is 9.94. The van der Waals surface area contributed by atoms with Crippen LogP contribution in [0.5, 0.6) is 0 Å². The van der Waals surface area contributed by atoms with Crippen molar-refractivity contribution in [2.75, 3.05) is 18.4 Å². The maximum atomic E-state index is 13.5. The molecule has 4 heterocycles. The van der Waals surface area contributed by atoms with Gasteiger partial charge in [0.2, 0.25) is 11.9 Å². The Morgan fingerprint density at radius 1 is 1.27 bits per heavy atom. The molecular weight excluding hydrogens is 443 g/mol. The third kappa shape index (κ3) is 5.44. The van der Waals surface area contributed by atoms with Crippen molar-refractivity contribution in [2.45, 2.75) is 45.7 Å². The van der Waals surface area contributed by atoms with Crippen molar-refractivity contribution >= 4 is 39.3 Å². The molecule has 33 heavy (non-hydrogen) atoms. The normalized spacial score (nSPS) is 15.2. The highest BCUT2D eigenvalue weighted by Crippen LogP contribution is 2.29. The van der Waals surface area contributed by atoms with Crippen LogP contribution in [0, 0.1) is 11.7 Å². The third-order valence-corrected chi connectivity index (χ3v) is 6.22. The first-order valence-corrected chi connectivity index (χ1v) is 11.7. The van der Waals surface area contributed by atoms with Gasteiger partial charge in [0, 0.05) is 37.2 Å². The molecule has 0 spiro atoms. The highest BCUT2D eigenvalue weighted by atomic mass is 32.1. The predicted molar refractivity (Wildman–Crippen MR) is 126 cm³/mol. The number of nitrogens with one attached hydrogen (secondary N) is 2. The molecule has 4 rings (SSSR count). The summed E-state index contributed by atoms with van der Waals surface area (Å²) in [6.45, 7) is 8.71. The lowest BCUT2D eigenvalue weighted by Gasteiger charge is -2.39. The Hall–Kier alpha value is -3.14. The summed E-state index contributed by atoms with van der Waals surface area (Å²) < 4.78 is 14.3. The summed E-state index contributed by atoms with van der Waals surface area (Å²) in [7, 11) is 0. The van der Waals surface area contributed by atoms with Gasteiger partial charge in [-0.05, 0) is 50.8 Å². The molecule has 0 aromatic carbocycles. The number of rotatable bonds is 6. The van der Waals surface area contributed by atoms with Gasteiger partial charge in [-0.15, -0.1) is 11.3 Å². The zero-order valence-electron chi connectivity index (χ0n) is 19.1. The fourth-order valence-electron chi connectivity index (χ4n) is 3.76. The number of carbonyl (C=O) groups is 2. The smallest absolute Gasteiger partial charge is 0.274 e. The lowest BCUT2D eigenvalue weighted by molar-refractivity contribution is -0.124. The number of fused-ring (bicyclic) bond motifs is 1. The number of carbonyl (C=O) groups excluding carboxylic acids is 2. The van der Waals surface area contributed by atoms with E-state index in [-0.39, 0.29) is 29.3 Å². The number of aromatic nitrogens is 3. The second kappa shape index (κ2) is 9.01. The van der Waals surface area contributed by atoms with E-state index >= 15 is 0 Å². The number of halogens is 1. The Morgan fingerprint density at radius 2 is 2.03 bits per heavy atom. The molecule has 3 aromatic rings. The molecule has 2 amide bonds. The minimum Gasteiger partial charge on any atom is -0.351 e. The number of likely N-dealkylation sites (tertiary alicyclic amines) is 1. The molecule has 0 saturated carbocycles. The van der Waals surface area contributed by atoms with Gasteiger partial charge in [0.05, 0.1) is 22.5 Å². The van der Waals surface area contributed by atoms with E-state index in [0.717, 1.165) is 10.9 Å². The van der Waals surface area contributed by atoms with Crippen molar-refractivity contribution in [1.82, 2.24) is 25.2 Å². The molecule has 3 aromatic heterocycles. The number of amides is 2. The molecule has 10 heteroatoms. The van der Waals surface area contributed by atoms with Gasteiger partial charge < -0.3 is 15.5 Å². The first-order chi connectivity index (χ1) is 15.6. The summed E-state index contributed by atoms with van der Waals surface area (Å²) in [5.41, 5.74) is 1.38. The summed E-state index contributed by atoms with van der Waals surface area (Å²) in [6.07, 6.45) is 3.12. The number of hydrogen-bond acceptors (Lipinski definition) is 7. The van der Waals surface area contributed by atoms with Crippen molar-refractivity contribution in [3.05, 3.63) is 47.0 Å². The minimum atomic E-state index is -0.422. The van der Waals surface area contributed by atoms with Gasteiger partial charge in [0.1, 0.15) is 5.82 Å². The van der Waals surface area contributed by atoms with Crippen LogP contribution in [-0.2, 0) is 4.79 Å². The quantitative estimate of drug-likeness (QED) is 0.569. The van der Waals surface area contributed by atoms with E-state index in [2.05, 4.69) is 25.6 Å². The second-order valence-electron chi connectivity index (χ2n) is 9.41. The maximum Gasteiger partial charge on any atom is 0.274 e. The lowest BCUT2D eigenvalue weighted by Crippen LogP contribution is -2.52. The Bertz CT molecular complexity index is 1190. The molecule has 0 aliphatic carbocycles. The summed E-state index contributed by atoms with van der Waals surface area (Å²) in [6, 6.07) is 2.94. The topological polar surface area (TPSA) is 100 Å². The average molecular weight is 471 g/mol. The van der Waals surface area contributed by atoms with Crippen LogP contribution in [0.3, 0.4) is 0 Å². The van der Waals surface area contributed by atoms with Crippen LogP contribution in [0.2, 0.25) is 0 Å². The van der Waals surface area contributed by atoms with Crippen LogP contribution < -0.4 is 10.6 Å². The Morgan fingerprint density at radius 3 is 2.73 bits per heavy atom. The highest BCUT2D eigenvalue weighted by Gasteiger charge is 2.35. The number of hydrogen-bond donors (Lipinski definition) is 2. The van der Waals surface area contributed by atoms with Crippen molar-refractivity contribution in [1.29, 1.82) is 0 Å². The van der Waals surface area contributed by atoms with E-state index in [9.17, 15) is 14.0 Å². The van der Waals surface area contributed by atoms with E-state index < -0.39 is 5.82 Å². The maximum absolute atomic E-state index is 13.5. The first-order valence-electron chi connectivity index (χ1n) is 10.8. The molecule has 174 valence electrons. The molecule has 2 N–H and O–H groups in total. The summed E-state index contributed by atoms with van der Waals surface area (Å²) in [5.74, 6) is -0.178. The zero-order chi connectivity index (χ0) is 23.8. The molecule has 1 fully saturated rings. The molecule has 8 nitrogen and oxygen atoms in total. The van der Waals surface area contributed by atoms with Gasteiger partial charge in [-0.2, -0.15) is 0 Å². The van der Waals surface area contributed by atoms with Crippen LogP contribution in [0.15, 0.2) is 29.9 Å². The fraction of sp³-hybridized carbons (Fsp3) is 0.435. The average Bonchev–Trinajstić information content (AvgIpc) is 3.16.